The first-order valence-corrected chi connectivity index (χ1v) is 7.86. The molecule has 0 saturated heterocycles. The largest absolute Gasteiger partial charge is 0.481 e. The van der Waals surface area contributed by atoms with Gasteiger partial charge in [0.25, 0.3) is 0 Å². The number of amides is 1. The summed E-state index contributed by atoms with van der Waals surface area (Å²) in [7, 11) is 0. The molecule has 0 aliphatic heterocycles. The van der Waals surface area contributed by atoms with Crippen LogP contribution in [-0.2, 0) is 16.0 Å². The first-order chi connectivity index (χ1) is 10.6. The number of carboxylic acid groups (broad SMARTS) is 1. The predicted octanol–water partition coefficient (Wildman–Crippen LogP) is 2.94. The number of aliphatic carboxylic acids is 1. The van der Waals surface area contributed by atoms with Gasteiger partial charge < -0.3 is 10.4 Å². The molecule has 2 unspecified atom stereocenters. The van der Waals surface area contributed by atoms with Gasteiger partial charge in [0, 0.05) is 18.4 Å². The number of allylic oxidation sites excluding steroid dienone is 2. The minimum absolute atomic E-state index is 0.0214. The highest BCUT2D eigenvalue weighted by molar-refractivity contribution is 5.79. The summed E-state index contributed by atoms with van der Waals surface area (Å²) in [6, 6.07) is 9.74. The lowest BCUT2D eigenvalue weighted by atomic mass is 9.92. The molecule has 0 spiro atoms. The summed E-state index contributed by atoms with van der Waals surface area (Å²) >= 11 is 0. The number of hydrogen-bond donors (Lipinski definition) is 2. The van der Waals surface area contributed by atoms with Crippen molar-refractivity contribution in [1.29, 1.82) is 0 Å². The summed E-state index contributed by atoms with van der Waals surface area (Å²) < 4.78 is 0. The number of rotatable bonds is 7. The maximum absolute atomic E-state index is 12.4. The molecule has 0 heterocycles. The van der Waals surface area contributed by atoms with Crippen LogP contribution in [0.25, 0.3) is 0 Å². The molecule has 0 fully saturated rings. The maximum atomic E-state index is 12.4. The van der Waals surface area contributed by atoms with E-state index >= 15 is 0 Å². The van der Waals surface area contributed by atoms with Crippen LogP contribution >= 0.6 is 0 Å². The quantitative estimate of drug-likeness (QED) is 0.761. The standard InChI is InChI=1S/C18H23NO3/c20-17(21)12-11-16(13-14-7-3-1-4-8-14)19-18(22)15-9-5-2-6-10-15/h1-5,7-8,15-16H,6,9-13H2,(H,19,22)(H,20,21). The van der Waals surface area contributed by atoms with Crippen LogP contribution < -0.4 is 5.32 Å². The fourth-order valence-corrected chi connectivity index (χ4v) is 2.77. The van der Waals surface area contributed by atoms with Crippen LogP contribution in [0.4, 0.5) is 0 Å². The number of benzene rings is 1. The molecule has 4 nitrogen and oxygen atoms in total. The van der Waals surface area contributed by atoms with Crippen molar-refractivity contribution in [3.63, 3.8) is 0 Å². The molecule has 1 aliphatic carbocycles. The Morgan fingerprint density at radius 1 is 1.23 bits per heavy atom. The van der Waals surface area contributed by atoms with Gasteiger partial charge in [-0.1, -0.05) is 42.5 Å². The van der Waals surface area contributed by atoms with Crippen molar-refractivity contribution in [2.75, 3.05) is 0 Å². The van der Waals surface area contributed by atoms with Gasteiger partial charge in [-0.2, -0.15) is 0 Å². The van der Waals surface area contributed by atoms with Gasteiger partial charge >= 0.3 is 5.97 Å². The molecule has 1 aliphatic rings. The Hall–Kier alpha value is -2.10. The van der Waals surface area contributed by atoms with Gasteiger partial charge in [0.1, 0.15) is 0 Å². The Balaban J connectivity index is 1.95. The van der Waals surface area contributed by atoms with Crippen LogP contribution in [0.15, 0.2) is 42.5 Å². The van der Waals surface area contributed by atoms with Crippen molar-refractivity contribution >= 4 is 11.9 Å². The molecule has 1 aromatic carbocycles. The SMILES string of the molecule is O=C(O)CCC(Cc1ccccc1)NC(=O)C1CC=CCC1. The Labute approximate surface area is 131 Å². The molecule has 0 saturated carbocycles. The van der Waals surface area contributed by atoms with Crippen LogP contribution in [0.2, 0.25) is 0 Å². The molecule has 1 aromatic rings. The summed E-state index contributed by atoms with van der Waals surface area (Å²) in [5.41, 5.74) is 1.11. The Bertz CT molecular complexity index is 524. The van der Waals surface area contributed by atoms with Crippen LogP contribution in [0, 0.1) is 5.92 Å². The lowest BCUT2D eigenvalue weighted by molar-refractivity contribution is -0.137. The molecule has 0 radical (unpaired) electrons. The lowest BCUT2D eigenvalue weighted by Gasteiger charge is -2.23. The molecule has 2 N–H and O–H groups in total. The predicted molar refractivity (Wildman–Crippen MR) is 85.4 cm³/mol. The normalized spacial score (nSPS) is 18.6. The highest BCUT2D eigenvalue weighted by Crippen LogP contribution is 2.19. The van der Waals surface area contributed by atoms with Crippen molar-refractivity contribution < 1.29 is 14.7 Å². The fourth-order valence-electron chi connectivity index (χ4n) is 2.77. The van der Waals surface area contributed by atoms with E-state index in [2.05, 4.69) is 17.5 Å². The number of carbonyl (C=O) groups is 2. The van der Waals surface area contributed by atoms with Crippen LogP contribution in [-0.4, -0.2) is 23.0 Å². The second kappa shape index (κ2) is 8.37. The van der Waals surface area contributed by atoms with Crippen molar-refractivity contribution in [3.05, 3.63) is 48.0 Å². The van der Waals surface area contributed by atoms with Crippen molar-refractivity contribution in [1.82, 2.24) is 5.32 Å². The van der Waals surface area contributed by atoms with E-state index in [-0.39, 0.29) is 24.3 Å². The van der Waals surface area contributed by atoms with E-state index in [1.165, 1.54) is 0 Å². The number of carbonyl (C=O) groups excluding carboxylic acids is 1. The minimum atomic E-state index is -0.826. The third-order valence-corrected chi connectivity index (χ3v) is 4.02. The maximum Gasteiger partial charge on any atom is 0.303 e. The summed E-state index contributed by atoms with van der Waals surface area (Å²) in [5.74, 6) is -0.753. The molecule has 118 valence electrons. The van der Waals surface area contributed by atoms with Gasteiger partial charge in [-0.05, 0) is 37.7 Å². The van der Waals surface area contributed by atoms with E-state index < -0.39 is 5.97 Å². The van der Waals surface area contributed by atoms with Gasteiger partial charge in [-0.3, -0.25) is 9.59 Å². The van der Waals surface area contributed by atoms with E-state index in [9.17, 15) is 9.59 Å². The van der Waals surface area contributed by atoms with Gasteiger partial charge in [0.15, 0.2) is 0 Å². The molecular formula is C18H23NO3. The summed E-state index contributed by atoms with van der Waals surface area (Å²) in [5, 5.41) is 11.9. The van der Waals surface area contributed by atoms with Crippen LogP contribution in [0.1, 0.15) is 37.7 Å². The number of hydrogen-bond acceptors (Lipinski definition) is 2. The van der Waals surface area contributed by atoms with Crippen LogP contribution in [0.3, 0.4) is 0 Å². The third-order valence-electron chi connectivity index (χ3n) is 4.02. The number of nitrogens with one attached hydrogen (secondary N) is 1. The first kappa shape index (κ1) is 16.3. The van der Waals surface area contributed by atoms with Crippen molar-refractivity contribution in [3.8, 4) is 0 Å². The van der Waals surface area contributed by atoms with Gasteiger partial charge in [0.2, 0.25) is 5.91 Å². The van der Waals surface area contributed by atoms with Crippen LogP contribution in [0.5, 0.6) is 0 Å². The summed E-state index contributed by atoms with van der Waals surface area (Å²) in [4.78, 5) is 23.2. The fraction of sp³-hybridized carbons (Fsp3) is 0.444. The minimum Gasteiger partial charge on any atom is -0.481 e. The highest BCUT2D eigenvalue weighted by Gasteiger charge is 2.22. The van der Waals surface area contributed by atoms with E-state index in [1.807, 2.05) is 30.3 Å². The average molecular weight is 301 g/mol. The Morgan fingerprint density at radius 3 is 2.64 bits per heavy atom. The topological polar surface area (TPSA) is 66.4 Å². The zero-order valence-electron chi connectivity index (χ0n) is 12.7. The molecule has 0 aromatic heterocycles. The first-order valence-electron chi connectivity index (χ1n) is 7.86. The summed E-state index contributed by atoms with van der Waals surface area (Å²) in [6.45, 7) is 0. The monoisotopic (exact) mass is 301 g/mol. The highest BCUT2D eigenvalue weighted by atomic mass is 16.4. The lowest BCUT2D eigenvalue weighted by Crippen LogP contribution is -2.40. The van der Waals surface area contributed by atoms with Gasteiger partial charge in [-0.25, -0.2) is 0 Å². The smallest absolute Gasteiger partial charge is 0.303 e. The molecule has 0 bridgehead atoms. The molecule has 4 heteroatoms. The molecule has 1 amide bonds. The second-order valence-corrected chi connectivity index (χ2v) is 5.81. The van der Waals surface area contributed by atoms with Crippen molar-refractivity contribution in [2.24, 2.45) is 5.92 Å². The zero-order valence-corrected chi connectivity index (χ0v) is 12.7. The molecule has 2 atom stereocenters. The van der Waals surface area contributed by atoms with E-state index in [0.717, 1.165) is 24.8 Å². The number of carboxylic acids is 1. The summed E-state index contributed by atoms with van der Waals surface area (Å²) in [6.07, 6.45) is 7.95. The van der Waals surface area contributed by atoms with E-state index in [4.69, 9.17) is 5.11 Å². The van der Waals surface area contributed by atoms with Crippen molar-refractivity contribution in [2.45, 2.75) is 44.6 Å². The zero-order chi connectivity index (χ0) is 15.8. The third kappa shape index (κ3) is 5.35. The molecule has 2 rings (SSSR count). The van der Waals surface area contributed by atoms with E-state index in [0.29, 0.717) is 12.8 Å². The molecule has 22 heavy (non-hydrogen) atoms. The second-order valence-electron chi connectivity index (χ2n) is 5.81. The Morgan fingerprint density at radius 2 is 2.00 bits per heavy atom. The molecular weight excluding hydrogens is 278 g/mol. The van der Waals surface area contributed by atoms with E-state index in [1.54, 1.807) is 0 Å². The Kier molecular flexibility index (Phi) is 6.19. The van der Waals surface area contributed by atoms with Gasteiger partial charge in [0.05, 0.1) is 0 Å². The average Bonchev–Trinajstić information content (AvgIpc) is 2.54. The van der Waals surface area contributed by atoms with Gasteiger partial charge in [-0.15, -0.1) is 0 Å².